The Labute approximate surface area is 117 Å². The van der Waals surface area contributed by atoms with E-state index < -0.39 is 5.97 Å². The fourth-order valence-electron chi connectivity index (χ4n) is 1.56. The van der Waals surface area contributed by atoms with Gasteiger partial charge in [0.2, 0.25) is 0 Å². The number of benzene rings is 1. The van der Waals surface area contributed by atoms with Crippen LogP contribution in [0.4, 0.5) is 5.69 Å². The molecule has 2 rings (SSSR count). The molecule has 0 spiro atoms. The van der Waals surface area contributed by atoms with Gasteiger partial charge in [0.15, 0.2) is 0 Å². The topological polar surface area (TPSA) is 79.5 Å². The van der Waals surface area contributed by atoms with Gasteiger partial charge >= 0.3 is 5.97 Å². The number of furan rings is 1. The van der Waals surface area contributed by atoms with Crippen LogP contribution in [0.25, 0.3) is 0 Å². The zero-order chi connectivity index (χ0) is 14.0. The Morgan fingerprint density at radius 3 is 2.63 bits per heavy atom. The second-order valence-electron chi connectivity index (χ2n) is 3.84. The molecule has 1 amide bonds. The van der Waals surface area contributed by atoms with Crippen molar-refractivity contribution in [2.75, 3.05) is 5.32 Å². The van der Waals surface area contributed by atoms with Crippen molar-refractivity contribution in [2.45, 2.75) is 6.92 Å². The number of hydrogen-bond acceptors (Lipinski definition) is 3. The average molecular weight is 324 g/mol. The van der Waals surface area contributed by atoms with Gasteiger partial charge in [-0.25, -0.2) is 4.79 Å². The molecule has 0 atom stereocenters. The molecule has 1 heterocycles. The predicted molar refractivity (Wildman–Crippen MR) is 72.5 cm³/mol. The van der Waals surface area contributed by atoms with Crippen LogP contribution in [-0.4, -0.2) is 17.0 Å². The van der Waals surface area contributed by atoms with Crippen molar-refractivity contribution in [3.63, 3.8) is 0 Å². The molecule has 0 unspecified atom stereocenters. The van der Waals surface area contributed by atoms with E-state index in [1.54, 1.807) is 19.1 Å². The number of carboxylic acids is 1. The highest BCUT2D eigenvalue weighted by atomic mass is 79.9. The Morgan fingerprint density at radius 2 is 2.05 bits per heavy atom. The first-order chi connectivity index (χ1) is 8.99. The largest absolute Gasteiger partial charge is 0.478 e. The van der Waals surface area contributed by atoms with Crippen LogP contribution >= 0.6 is 15.9 Å². The van der Waals surface area contributed by atoms with Gasteiger partial charge in [0.05, 0.1) is 23.1 Å². The van der Waals surface area contributed by atoms with Gasteiger partial charge < -0.3 is 14.8 Å². The van der Waals surface area contributed by atoms with E-state index in [1.165, 1.54) is 18.4 Å². The number of carbonyl (C=O) groups excluding carboxylic acids is 1. The normalized spacial score (nSPS) is 10.2. The second-order valence-corrected chi connectivity index (χ2v) is 4.70. The summed E-state index contributed by atoms with van der Waals surface area (Å²) in [6, 6.07) is 5.96. The number of nitrogens with one attached hydrogen (secondary N) is 1. The molecule has 0 radical (unpaired) electrons. The highest BCUT2D eigenvalue weighted by Gasteiger charge is 2.14. The van der Waals surface area contributed by atoms with Gasteiger partial charge in [0, 0.05) is 4.47 Å². The third kappa shape index (κ3) is 2.85. The number of carboxylic acid groups (broad SMARTS) is 1. The third-order valence-corrected chi connectivity index (χ3v) is 3.26. The molecule has 19 heavy (non-hydrogen) atoms. The first-order valence-corrected chi connectivity index (χ1v) is 6.16. The summed E-state index contributed by atoms with van der Waals surface area (Å²) < 4.78 is 5.65. The van der Waals surface area contributed by atoms with Crippen molar-refractivity contribution in [2.24, 2.45) is 0 Å². The van der Waals surface area contributed by atoms with Crippen molar-refractivity contribution in [1.29, 1.82) is 0 Å². The standard InChI is InChI=1S/C13H10BrNO4/c1-7-9(4-5-19-7)12(16)15-11-6-8(13(17)18)2-3-10(11)14/h2-6H,1H3,(H,15,16)(H,17,18). The van der Waals surface area contributed by atoms with Crippen molar-refractivity contribution in [3.05, 3.63) is 51.9 Å². The summed E-state index contributed by atoms with van der Waals surface area (Å²) in [7, 11) is 0. The monoisotopic (exact) mass is 323 g/mol. The minimum Gasteiger partial charge on any atom is -0.478 e. The molecule has 5 nitrogen and oxygen atoms in total. The number of anilines is 1. The van der Waals surface area contributed by atoms with E-state index in [-0.39, 0.29) is 11.5 Å². The Balaban J connectivity index is 2.28. The van der Waals surface area contributed by atoms with Crippen LogP contribution in [0, 0.1) is 6.92 Å². The molecular weight excluding hydrogens is 314 g/mol. The van der Waals surface area contributed by atoms with Crippen molar-refractivity contribution < 1.29 is 19.1 Å². The van der Waals surface area contributed by atoms with Crippen LogP contribution in [-0.2, 0) is 0 Å². The molecule has 2 N–H and O–H groups in total. The molecule has 1 aromatic heterocycles. The molecule has 1 aromatic carbocycles. The molecule has 0 bridgehead atoms. The maximum Gasteiger partial charge on any atom is 0.335 e. The van der Waals surface area contributed by atoms with Gasteiger partial charge in [-0.1, -0.05) is 0 Å². The third-order valence-electron chi connectivity index (χ3n) is 2.56. The Kier molecular flexibility index (Phi) is 3.71. The molecule has 98 valence electrons. The minimum absolute atomic E-state index is 0.0995. The SMILES string of the molecule is Cc1occc1C(=O)Nc1cc(C(=O)O)ccc1Br. The number of hydrogen-bond donors (Lipinski definition) is 2. The molecule has 0 aliphatic carbocycles. The average Bonchev–Trinajstić information content (AvgIpc) is 2.78. The fraction of sp³-hybridized carbons (Fsp3) is 0.0769. The lowest BCUT2D eigenvalue weighted by Crippen LogP contribution is -2.13. The van der Waals surface area contributed by atoms with E-state index in [0.29, 0.717) is 21.5 Å². The summed E-state index contributed by atoms with van der Waals surface area (Å²) in [6.45, 7) is 1.68. The summed E-state index contributed by atoms with van der Waals surface area (Å²) in [6.07, 6.45) is 1.42. The van der Waals surface area contributed by atoms with E-state index in [0.717, 1.165) is 0 Å². The van der Waals surface area contributed by atoms with Gasteiger partial charge in [-0.3, -0.25) is 4.79 Å². The van der Waals surface area contributed by atoms with Gasteiger partial charge in [-0.15, -0.1) is 0 Å². The van der Waals surface area contributed by atoms with E-state index in [9.17, 15) is 9.59 Å². The van der Waals surface area contributed by atoms with Gasteiger partial charge in [-0.2, -0.15) is 0 Å². The first-order valence-electron chi connectivity index (χ1n) is 5.37. The molecule has 0 aliphatic rings. The lowest BCUT2D eigenvalue weighted by atomic mass is 10.2. The summed E-state index contributed by atoms with van der Waals surface area (Å²) in [5.41, 5.74) is 0.903. The second kappa shape index (κ2) is 5.27. The van der Waals surface area contributed by atoms with Crippen LogP contribution in [0.15, 0.2) is 39.4 Å². The predicted octanol–water partition coefficient (Wildman–Crippen LogP) is 3.30. The van der Waals surface area contributed by atoms with Gasteiger partial charge in [0.25, 0.3) is 5.91 Å². The van der Waals surface area contributed by atoms with Gasteiger partial charge in [-0.05, 0) is 47.1 Å². The van der Waals surface area contributed by atoms with Crippen LogP contribution in [0.3, 0.4) is 0 Å². The molecular formula is C13H10BrNO4. The van der Waals surface area contributed by atoms with E-state index in [2.05, 4.69) is 21.2 Å². The lowest BCUT2D eigenvalue weighted by Gasteiger charge is -2.07. The van der Waals surface area contributed by atoms with E-state index in [1.807, 2.05) is 0 Å². The summed E-state index contributed by atoms with van der Waals surface area (Å²) in [5.74, 6) is -0.903. The number of carbonyl (C=O) groups is 2. The molecule has 6 heteroatoms. The van der Waals surface area contributed by atoms with Gasteiger partial charge in [0.1, 0.15) is 5.76 Å². The van der Waals surface area contributed by atoms with Crippen LogP contribution < -0.4 is 5.32 Å². The number of rotatable bonds is 3. The summed E-state index contributed by atoms with van der Waals surface area (Å²) in [5, 5.41) is 11.6. The summed E-state index contributed by atoms with van der Waals surface area (Å²) in [4.78, 5) is 22.9. The van der Waals surface area contributed by atoms with Crippen molar-refractivity contribution >= 4 is 33.5 Å². The number of halogens is 1. The number of aryl methyl sites for hydroxylation is 1. The summed E-state index contributed by atoms with van der Waals surface area (Å²) >= 11 is 3.26. The van der Waals surface area contributed by atoms with E-state index in [4.69, 9.17) is 9.52 Å². The van der Waals surface area contributed by atoms with Crippen LogP contribution in [0.1, 0.15) is 26.5 Å². The van der Waals surface area contributed by atoms with Crippen molar-refractivity contribution in [3.8, 4) is 0 Å². The highest BCUT2D eigenvalue weighted by molar-refractivity contribution is 9.10. The first kappa shape index (κ1) is 13.4. The number of amides is 1. The molecule has 2 aromatic rings. The maximum atomic E-state index is 12.0. The Hall–Kier alpha value is -2.08. The highest BCUT2D eigenvalue weighted by Crippen LogP contribution is 2.24. The Morgan fingerprint density at radius 1 is 1.32 bits per heavy atom. The van der Waals surface area contributed by atoms with Crippen molar-refractivity contribution in [1.82, 2.24) is 0 Å². The molecule has 0 fully saturated rings. The zero-order valence-electron chi connectivity index (χ0n) is 9.94. The maximum absolute atomic E-state index is 12.0. The van der Waals surface area contributed by atoms with E-state index >= 15 is 0 Å². The Bertz CT molecular complexity index is 648. The molecule has 0 saturated carbocycles. The smallest absolute Gasteiger partial charge is 0.335 e. The fourth-order valence-corrected chi connectivity index (χ4v) is 1.91. The molecule has 0 aliphatic heterocycles. The molecule has 0 saturated heterocycles. The minimum atomic E-state index is -1.05. The zero-order valence-corrected chi connectivity index (χ0v) is 11.5. The lowest BCUT2D eigenvalue weighted by molar-refractivity contribution is 0.0696. The number of aromatic carboxylic acids is 1. The quantitative estimate of drug-likeness (QED) is 0.908. The van der Waals surface area contributed by atoms with Crippen LogP contribution in [0.5, 0.6) is 0 Å². The van der Waals surface area contributed by atoms with Crippen LogP contribution in [0.2, 0.25) is 0 Å².